The fourth-order valence-electron chi connectivity index (χ4n) is 2.64. The molecule has 1 aromatic rings. The van der Waals surface area contributed by atoms with Gasteiger partial charge in [0.1, 0.15) is 0 Å². The van der Waals surface area contributed by atoms with Crippen molar-refractivity contribution in [3.8, 4) is 0 Å². The summed E-state index contributed by atoms with van der Waals surface area (Å²) in [6.07, 6.45) is 2.24. The lowest BCUT2D eigenvalue weighted by atomic mass is 9.96. The molecule has 0 atom stereocenters. The Balaban J connectivity index is 1.95. The number of piperidine rings is 1. The first-order chi connectivity index (χ1) is 9.08. The Hall–Kier alpha value is -0.620. The SMILES string of the molecule is CN(C)CC1CCN(C(=O)c2ccccc2I)CC1. The Bertz CT molecular complexity index is 440. The largest absolute Gasteiger partial charge is 0.339 e. The van der Waals surface area contributed by atoms with Gasteiger partial charge in [0.05, 0.1) is 5.56 Å². The molecule has 1 heterocycles. The monoisotopic (exact) mass is 372 g/mol. The molecule has 1 aliphatic heterocycles. The molecule has 0 spiro atoms. The van der Waals surface area contributed by atoms with E-state index in [1.807, 2.05) is 29.2 Å². The third-order valence-electron chi connectivity index (χ3n) is 3.63. The van der Waals surface area contributed by atoms with E-state index in [9.17, 15) is 4.79 Å². The van der Waals surface area contributed by atoms with Crippen LogP contribution in [0.1, 0.15) is 23.2 Å². The predicted octanol–water partition coefficient (Wildman–Crippen LogP) is 2.71. The average molecular weight is 372 g/mol. The predicted molar refractivity (Wildman–Crippen MR) is 86.3 cm³/mol. The number of nitrogens with zero attached hydrogens (tertiary/aromatic N) is 2. The zero-order valence-electron chi connectivity index (χ0n) is 11.6. The van der Waals surface area contributed by atoms with Gasteiger partial charge in [-0.05, 0) is 67.6 Å². The maximum atomic E-state index is 12.5. The van der Waals surface area contributed by atoms with E-state index < -0.39 is 0 Å². The van der Waals surface area contributed by atoms with E-state index in [2.05, 4.69) is 41.6 Å². The second kappa shape index (κ2) is 6.70. The number of rotatable bonds is 3. The lowest BCUT2D eigenvalue weighted by Crippen LogP contribution is -2.40. The van der Waals surface area contributed by atoms with E-state index in [-0.39, 0.29) is 5.91 Å². The van der Waals surface area contributed by atoms with Gasteiger partial charge >= 0.3 is 0 Å². The molecule has 1 aromatic carbocycles. The number of halogens is 1. The first-order valence-electron chi connectivity index (χ1n) is 6.76. The zero-order valence-corrected chi connectivity index (χ0v) is 13.8. The molecule has 19 heavy (non-hydrogen) atoms. The normalized spacial score (nSPS) is 16.9. The van der Waals surface area contributed by atoms with Crippen LogP contribution in [-0.4, -0.2) is 49.4 Å². The van der Waals surface area contributed by atoms with Crippen LogP contribution in [0, 0.1) is 9.49 Å². The van der Waals surface area contributed by atoms with E-state index >= 15 is 0 Å². The summed E-state index contributed by atoms with van der Waals surface area (Å²) < 4.78 is 1.04. The molecule has 0 radical (unpaired) electrons. The number of amides is 1. The summed E-state index contributed by atoms with van der Waals surface area (Å²) in [7, 11) is 4.23. The number of hydrogen-bond donors (Lipinski definition) is 0. The zero-order chi connectivity index (χ0) is 13.8. The fourth-order valence-corrected chi connectivity index (χ4v) is 3.26. The van der Waals surface area contributed by atoms with Gasteiger partial charge in [-0.1, -0.05) is 12.1 Å². The molecule has 1 amide bonds. The van der Waals surface area contributed by atoms with Crippen molar-refractivity contribution in [1.29, 1.82) is 0 Å². The van der Waals surface area contributed by atoms with Crippen molar-refractivity contribution >= 4 is 28.5 Å². The molecule has 1 fully saturated rings. The molecule has 0 N–H and O–H groups in total. The first kappa shape index (κ1) is 14.8. The lowest BCUT2D eigenvalue weighted by molar-refractivity contribution is 0.0677. The second-order valence-corrected chi connectivity index (χ2v) is 6.64. The molecule has 0 unspecified atom stereocenters. The topological polar surface area (TPSA) is 23.6 Å². The van der Waals surface area contributed by atoms with Crippen molar-refractivity contribution in [3.05, 3.63) is 33.4 Å². The molecule has 4 heteroatoms. The van der Waals surface area contributed by atoms with Crippen LogP contribution in [0.4, 0.5) is 0 Å². The van der Waals surface area contributed by atoms with Crippen molar-refractivity contribution < 1.29 is 4.79 Å². The molecule has 3 nitrogen and oxygen atoms in total. The molecule has 0 aliphatic carbocycles. The number of likely N-dealkylation sites (tertiary alicyclic amines) is 1. The van der Waals surface area contributed by atoms with Crippen LogP contribution in [-0.2, 0) is 0 Å². The third kappa shape index (κ3) is 3.92. The van der Waals surface area contributed by atoms with Crippen molar-refractivity contribution in [1.82, 2.24) is 9.80 Å². The van der Waals surface area contributed by atoms with Gasteiger partial charge < -0.3 is 9.80 Å². The van der Waals surface area contributed by atoms with Crippen molar-refractivity contribution in [2.45, 2.75) is 12.8 Å². The highest BCUT2D eigenvalue weighted by molar-refractivity contribution is 14.1. The van der Waals surface area contributed by atoms with Crippen molar-refractivity contribution in [3.63, 3.8) is 0 Å². The summed E-state index contributed by atoms with van der Waals surface area (Å²) in [5.41, 5.74) is 0.842. The minimum absolute atomic E-state index is 0.188. The number of carbonyl (C=O) groups is 1. The Labute approximate surface area is 129 Å². The number of carbonyl (C=O) groups excluding carboxylic acids is 1. The van der Waals surface area contributed by atoms with Crippen LogP contribution in [0.25, 0.3) is 0 Å². The van der Waals surface area contributed by atoms with E-state index in [0.29, 0.717) is 0 Å². The molecule has 0 bridgehead atoms. The summed E-state index contributed by atoms with van der Waals surface area (Å²) in [6, 6.07) is 7.83. The van der Waals surface area contributed by atoms with E-state index in [1.54, 1.807) is 0 Å². The van der Waals surface area contributed by atoms with Gasteiger partial charge in [-0.3, -0.25) is 4.79 Å². The molecule has 0 aromatic heterocycles. The van der Waals surface area contributed by atoms with Gasteiger partial charge in [-0.25, -0.2) is 0 Å². The smallest absolute Gasteiger partial charge is 0.254 e. The van der Waals surface area contributed by atoms with E-state index in [1.165, 1.54) is 0 Å². The second-order valence-electron chi connectivity index (χ2n) is 5.48. The van der Waals surface area contributed by atoms with Crippen LogP contribution < -0.4 is 0 Å². The van der Waals surface area contributed by atoms with Gasteiger partial charge in [0.25, 0.3) is 5.91 Å². The van der Waals surface area contributed by atoms with Gasteiger partial charge in [-0.2, -0.15) is 0 Å². The molecule has 1 aliphatic rings. The summed E-state index contributed by atoms with van der Waals surface area (Å²) in [6.45, 7) is 2.91. The maximum Gasteiger partial charge on any atom is 0.254 e. The summed E-state index contributed by atoms with van der Waals surface area (Å²) in [4.78, 5) is 16.7. The highest BCUT2D eigenvalue weighted by atomic mass is 127. The maximum absolute atomic E-state index is 12.5. The molecule has 2 rings (SSSR count). The van der Waals surface area contributed by atoms with E-state index in [4.69, 9.17) is 0 Å². The van der Waals surface area contributed by atoms with Crippen LogP contribution in [0.15, 0.2) is 24.3 Å². The van der Waals surface area contributed by atoms with E-state index in [0.717, 1.165) is 47.5 Å². The molecule has 0 saturated carbocycles. The Morgan fingerprint density at radius 2 is 1.95 bits per heavy atom. The molecule has 1 saturated heterocycles. The highest BCUT2D eigenvalue weighted by Gasteiger charge is 2.24. The fraction of sp³-hybridized carbons (Fsp3) is 0.533. The Morgan fingerprint density at radius 3 is 2.53 bits per heavy atom. The van der Waals surface area contributed by atoms with Crippen LogP contribution >= 0.6 is 22.6 Å². The van der Waals surface area contributed by atoms with Crippen LogP contribution in [0.5, 0.6) is 0 Å². The average Bonchev–Trinajstić information content (AvgIpc) is 2.39. The molecular weight excluding hydrogens is 351 g/mol. The molecular formula is C15H21IN2O. The van der Waals surface area contributed by atoms with Gasteiger partial charge in [-0.15, -0.1) is 0 Å². The first-order valence-corrected chi connectivity index (χ1v) is 7.84. The summed E-state index contributed by atoms with van der Waals surface area (Å²) >= 11 is 2.24. The third-order valence-corrected chi connectivity index (χ3v) is 4.57. The Kier molecular flexibility index (Phi) is 5.21. The standard InChI is InChI=1S/C15H21IN2O/c1-17(2)11-12-7-9-18(10-8-12)15(19)13-5-3-4-6-14(13)16/h3-6,12H,7-11H2,1-2H3. The Morgan fingerprint density at radius 1 is 1.32 bits per heavy atom. The van der Waals surface area contributed by atoms with Gasteiger partial charge in [0.2, 0.25) is 0 Å². The number of hydrogen-bond acceptors (Lipinski definition) is 2. The lowest BCUT2D eigenvalue weighted by Gasteiger charge is -2.33. The summed E-state index contributed by atoms with van der Waals surface area (Å²) in [5.74, 6) is 0.919. The molecule has 104 valence electrons. The van der Waals surface area contributed by atoms with Crippen molar-refractivity contribution in [2.75, 3.05) is 33.7 Å². The number of benzene rings is 1. The van der Waals surface area contributed by atoms with Crippen molar-refractivity contribution in [2.24, 2.45) is 5.92 Å². The van der Waals surface area contributed by atoms with Gasteiger partial charge in [0, 0.05) is 23.2 Å². The quantitative estimate of drug-likeness (QED) is 0.762. The minimum Gasteiger partial charge on any atom is -0.339 e. The van der Waals surface area contributed by atoms with Crippen LogP contribution in [0.2, 0.25) is 0 Å². The summed E-state index contributed by atoms with van der Waals surface area (Å²) in [5, 5.41) is 0. The highest BCUT2D eigenvalue weighted by Crippen LogP contribution is 2.21. The van der Waals surface area contributed by atoms with Crippen LogP contribution in [0.3, 0.4) is 0 Å². The van der Waals surface area contributed by atoms with Gasteiger partial charge in [0.15, 0.2) is 0 Å². The minimum atomic E-state index is 0.188.